The Morgan fingerprint density at radius 1 is 1.33 bits per heavy atom. The van der Waals surface area contributed by atoms with Crippen LogP contribution in [0.5, 0.6) is 0 Å². The highest BCUT2D eigenvalue weighted by Crippen LogP contribution is 2.31. The number of nitrogens with one attached hydrogen (secondary N) is 2. The van der Waals surface area contributed by atoms with Crippen LogP contribution in [0, 0.1) is 0 Å². The van der Waals surface area contributed by atoms with Gasteiger partial charge in [-0.1, -0.05) is 30.4 Å². The predicted molar refractivity (Wildman–Crippen MR) is 59.6 cm³/mol. The van der Waals surface area contributed by atoms with Crippen LogP contribution >= 0.6 is 0 Å². The van der Waals surface area contributed by atoms with E-state index < -0.39 is 0 Å². The van der Waals surface area contributed by atoms with Gasteiger partial charge in [0, 0.05) is 16.5 Å². The molecule has 0 spiro atoms. The van der Waals surface area contributed by atoms with Gasteiger partial charge in [0.2, 0.25) is 0 Å². The van der Waals surface area contributed by atoms with Crippen LogP contribution < -0.4 is 10.6 Å². The van der Waals surface area contributed by atoms with E-state index in [-0.39, 0.29) is 0 Å². The van der Waals surface area contributed by atoms with Gasteiger partial charge in [-0.05, 0) is 6.07 Å². The minimum Gasteiger partial charge on any atom is -0.340 e. The van der Waals surface area contributed by atoms with Gasteiger partial charge in [0.1, 0.15) is 5.82 Å². The van der Waals surface area contributed by atoms with Gasteiger partial charge in [0.05, 0.1) is 6.54 Å². The fourth-order valence-corrected chi connectivity index (χ4v) is 1.99. The van der Waals surface area contributed by atoms with Crippen LogP contribution in [-0.4, -0.2) is 16.7 Å². The van der Waals surface area contributed by atoms with Crippen molar-refractivity contribution in [2.75, 3.05) is 11.6 Å². The molecule has 1 aliphatic rings. The summed E-state index contributed by atoms with van der Waals surface area (Å²) in [4.78, 5) is 3.27. The van der Waals surface area contributed by atoms with Crippen molar-refractivity contribution in [1.29, 1.82) is 0 Å². The Hall–Kier alpha value is -1.78. The first-order valence-corrected chi connectivity index (χ1v) is 4.84. The smallest absolute Gasteiger partial charge is 0.130 e. The average Bonchev–Trinajstić information content (AvgIpc) is 2.67. The zero-order chi connectivity index (χ0) is 10.3. The normalized spacial score (nSPS) is 14.6. The van der Waals surface area contributed by atoms with E-state index in [1.807, 2.05) is 24.3 Å². The van der Waals surface area contributed by atoms with Gasteiger partial charge in [-0.2, -0.15) is 0 Å². The molecule has 3 N–H and O–H groups in total. The summed E-state index contributed by atoms with van der Waals surface area (Å²) >= 11 is 0. The maximum Gasteiger partial charge on any atom is 0.130 e. The molecule has 0 aliphatic carbocycles. The molecule has 0 fully saturated rings. The molecule has 76 valence electrons. The van der Waals surface area contributed by atoms with Gasteiger partial charge in [-0.25, -0.2) is 0 Å². The van der Waals surface area contributed by atoms with E-state index in [4.69, 9.17) is 5.21 Å². The van der Waals surface area contributed by atoms with E-state index >= 15 is 0 Å². The third-order valence-electron chi connectivity index (χ3n) is 2.69. The molecular formula is C11H11N3O. The number of aromatic amines is 1. The van der Waals surface area contributed by atoms with Crippen LogP contribution in [0.4, 0.5) is 5.82 Å². The Balaban J connectivity index is 2.30. The van der Waals surface area contributed by atoms with Crippen molar-refractivity contribution >= 4 is 22.8 Å². The molecule has 0 unspecified atom stereocenters. The average molecular weight is 201 g/mol. The molecule has 4 nitrogen and oxygen atoms in total. The summed E-state index contributed by atoms with van der Waals surface area (Å²) in [5, 5.41) is 11.8. The Bertz CT molecular complexity index is 530. The second-order valence-corrected chi connectivity index (χ2v) is 3.55. The standard InChI is InChI=1S/C11H11N3O/c15-13-14-7-3-5-9-8-4-1-2-6-10(8)12-11(9)14/h1-6,12-13,15H,7H2. The van der Waals surface area contributed by atoms with Crippen LogP contribution in [-0.2, 0) is 0 Å². The number of hydrogen-bond donors (Lipinski definition) is 3. The van der Waals surface area contributed by atoms with E-state index in [1.165, 1.54) is 5.39 Å². The summed E-state index contributed by atoms with van der Waals surface area (Å²) < 4.78 is 0. The quantitative estimate of drug-likeness (QED) is 0.617. The first kappa shape index (κ1) is 8.52. The van der Waals surface area contributed by atoms with E-state index in [0.29, 0.717) is 6.54 Å². The molecule has 2 aromatic rings. The zero-order valence-corrected chi connectivity index (χ0v) is 8.07. The largest absolute Gasteiger partial charge is 0.340 e. The lowest BCUT2D eigenvalue weighted by atomic mass is 10.1. The topological polar surface area (TPSA) is 51.3 Å². The van der Waals surface area contributed by atoms with Crippen molar-refractivity contribution in [2.45, 2.75) is 0 Å². The summed E-state index contributed by atoms with van der Waals surface area (Å²) in [5.74, 6) is 0.904. The number of para-hydroxylation sites is 1. The van der Waals surface area contributed by atoms with E-state index in [9.17, 15) is 0 Å². The highest BCUT2D eigenvalue weighted by molar-refractivity contribution is 5.96. The number of hydrazine groups is 1. The lowest BCUT2D eigenvalue weighted by Gasteiger charge is -2.22. The number of fused-ring (bicyclic) bond motifs is 3. The number of hydrogen-bond acceptors (Lipinski definition) is 3. The molecule has 2 heterocycles. The molecule has 1 aromatic carbocycles. The van der Waals surface area contributed by atoms with Crippen LogP contribution in [0.3, 0.4) is 0 Å². The first-order chi connectivity index (χ1) is 7.40. The predicted octanol–water partition coefficient (Wildman–Crippen LogP) is 1.89. The van der Waals surface area contributed by atoms with Crippen molar-refractivity contribution in [3.63, 3.8) is 0 Å². The number of aromatic nitrogens is 1. The number of anilines is 1. The zero-order valence-electron chi connectivity index (χ0n) is 8.07. The molecule has 4 heteroatoms. The number of H-pyrrole nitrogens is 1. The Labute approximate surface area is 86.7 Å². The fraction of sp³-hybridized carbons (Fsp3) is 0.0909. The van der Waals surface area contributed by atoms with Gasteiger partial charge in [0.25, 0.3) is 0 Å². The van der Waals surface area contributed by atoms with Crippen molar-refractivity contribution in [3.8, 4) is 0 Å². The minimum atomic E-state index is 0.649. The van der Waals surface area contributed by atoms with Gasteiger partial charge in [-0.15, -0.1) is 5.59 Å². The SMILES string of the molecule is ONN1CC=Cc2c1[nH]c1ccccc21. The molecule has 0 amide bonds. The Kier molecular flexibility index (Phi) is 1.77. The van der Waals surface area contributed by atoms with Crippen molar-refractivity contribution in [3.05, 3.63) is 35.9 Å². The van der Waals surface area contributed by atoms with Crippen molar-refractivity contribution in [2.24, 2.45) is 0 Å². The Morgan fingerprint density at radius 2 is 2.20 bits per heavy atom. The van der Waals surface area contributed by atoms with Crippen LogP contribution in [0.2, 0.25) is 0 Å². The highest BCUT2D eigenvalue weighted by atomic mass is 16.5. The molecule has 0 radical (unpaired) electrons. The van der Waals surface area contributed by atoms with Crippen LogP contribution in [0.1, 0.15) is 5.56 Å². The lowest BCUT2D eigenvalue weighted by Crippen LogP contribution is -2.37. The third kappa shape index (κ3) is 1.16. The van der Waals surface area contributed by atoms with Gasteiger partial charge in [-0.3, -0.25) is 10.2 Å². The number of benzene rings is 1. The van der Waals surface area contributed by atoms with Crippen molar-refractivity contribution in [1.82, 2.24) is 10.6 Å². The number of rotatable bonds is 1. The summed E-state index contributed by atoms with van der Waals surface area (Å²) in [6.45, 7) is 0.649. The maximum absolute atomic E-state index is 8.98. The molecule has 15 heavy (non-hydrogen) atoms. The van der Waals surface area contributed by atoms with Crippen LogP contribution in [0.15, 0.2) is 30.3 Å². The second-order valence-electron chi connectivity index (χ2n) is 3.55. The molecule has 0 saturated carbocycles. The third-order valence-corrected chi connectivity index (χ3v) is 2.69. The highest BCUT2D eigenvalue weighted by Gasteiger charge is 2.16. The molecule has 0 saturated heterocycles. The maximum atomic E-state index is 8.98. The minimum absolute atomic E-state index is 0.649. The first-order valence-electron chi connectivity index (χ1n) is 4.84. The molecule has 0 bridgehead atoms. The lowest BCUT2D eigenvalue weighted by molar-refractivity contribution is 0.156. The van der Waals surface area contributed by atoms with Gasteiger partial charge >= 0.3 is 0 Å². The van der Waals surface area contributed by atoms with Crippen molar-refractivity contribution < 1.29 is 5.21 Å². The summed E-state index contributed by atoms with van der Waals surface area (Å²) in [6.07, 6.45) is 4.08. The number of nitrogens with zero attached hydrogens (tertiary/aromatic N) is 1. The molecule has 0 atom stereocenters. The van der Waals surface area contributed by atoms with E-state index in [0.717, 1.165) is 16.9 Å². The molecule has 3 rings (SSSR count). The molecular weight excluding hydrogens is 190 g/mol. The summed E-state index contributed by atoms with van der Waals surface area (Å²) in [7, 11) is 0. The second kappa shape index (κ2) is 3.12. The van der Waals surface area contributed by atoms with Crippen LogP contribution in [0.25, 0.3) is 17.0 Å². The Morgan fingerprint density at radius 3 is 3.07 bits per heavy atom. The molecule has 1 aromatic heterocycles. The summed E-state index contributed by atoms with van der Waals surface area (Å²) in [5.41, 5.74) is 4.36. The van der Waals surface area contributed by atoms with Gasteiger partial charge in [0.15, 0.2) is 0 Å². The fourth-order valence-electron chi connectivity index (χ4n) is 1.99. The monoisotopic (exact) mass is 201 g/mol. The van der Waals surface area contributed by atoms with E-state index in [1.54, 1.807) is 5.01 Å². The van der Waals surface area contributed by atoms with Gasteiger partial charge < -0.3 is 4.98 Å². The molecule has 1 aliphatic heterocycles. The van der Waals surface area contributed by atoms with E-state index in [2.05, 4.69) is 22.7 Å². The summed E-state index contributed by atoms with van der Waals surface area (Å²) in [6, 6.07) is 8.09.